The minimum Gasteiger partial charge on any atom is -0.457 e. The molecule has 4 nitrogen and oxygen atoms in total. The van der Waals surface area contributed by atoms with Gasteiger partial charge in [0.2, 0.25) is 5.91 Å². The number of primary amides is 1. The highest BCUT2D eigenvalue weighted by Crippen LogP contribution is 2.23. The van der Waals surface area contributed by atoms with Gasteiger partial charge >= 0.3 is 0 Å². The lowest BCUT2D eigenvalue weighted by Crippen LogP contribution is -2.30. The minimum atomic E-state index is -0.355. The van der Waals surface area contributed by atoms with Gasteiger partial charge in [-0.05, 0) is 36.4 Å². The average Bonchev–Trinajstić information content (AvgIpc) is 2.40. The second-order valence-electron chi connectivity index (χ2n) is 4.23. The van der Waals surface area contributed by atoms with Crippen molar-refractivity contribution in [1.82, 2.24) is 0 Å². The van der Waals surface area contributed by atoms with E-state index in [9.17, 15) is 4.79 Å². The first-order valence-corrected chi connectivity index (χ1v) is 5.97. The molecule has 2 aromatic rings. The Morgan fingerprint density at radius 2 is 1.63 bits per heavy atom. The summed E-state index contributed by atoms with van der Waals surface area (Å²) in [6.07, 6.45) is 0. The van der Waals surface area contributed by atoms with Gasteiger partial charge in [0, 0.05) is 12.7 Å². The third-order valence-corrected chi connectivity index (χ3v) is 2.65. The first kappa shape index (κ1) is 13.0. The Labute approximate surface area is 112 Å². The molecule has 0 aromatic heterocycles. The zero-order valence-electron chi connectivity index (χ0n) is 10.7. The SMILES string of the molecule is CN(CC(N)=O)c1ccc(Oc2ccccc2)cc1. The van der Waals surface area contributed by atoms with Crippen LogP contribution in [-0.2, 0) is 4.79 Å². The number of rotatable bonds is 5. The fraction of sp³-hybridized carbons (Fsp3) is 0.133. The van der Waals surface area contributed by atoms with E-state index in [2.05, 4.69) is 0 Å². The fourth-order valence-electron chi connectivity index (χ4n) is 1.72. The number of para-hydroxylation sites is 1. The van der Waals surface area contributed by atoms with Crippen molar-refractivity contribution in [2.45, 2.75) is 0 Å². The molecule has 2 aromatic carbocycles. The third kappa shape index (κ3) is 3.74. The standard InChI is InChI=1S/C15H16N2O2/c1-17(11-15(16)18)12-7-9-14(10-8-12)19-13-5-3-2-4-6-13/h2-10H,11H2,1H3,(H2,16,18). The van der Waals surface area contributed by atoms with Gasteiger partial charge in [0.05, 0.1) is 6.54 Å². The van der Waals surface area contributed by atoms with Crippen LogP contribution in [-0.4, -0.2) is 19.5 Å². The molecule has 0 aliphatic rings. The quantitative estimate of drug-likeness (QED) is 0.893. The molecule has 0 fully saturated rings. The Morgan fingerprint density at radius 3 is 2.21 bits per heavy atom. The van der Waals surface area contributed by atoms with E-state index >= 15 is 0 Å². The molecule has 0 aliphatic carbocycles. The predicted molar refractivity (Wildman–Crippen MR) is 75.4 cm³/mol. The van der Waals surface area contributed by atoms with Gasteiger partial charge in [-0.25, -0.2) is 0 Å². The first-order chi connectivity index (χ1) is 9.15. The molecular weight excluding hydrogens is 240 g/mol. The van der Waals surface area contributed by atoms with Crippen LogP contribution in [0.4, 0.5) is 5.69 Å². The van der Waals surface area contributed by atoms with Crippen molar-refractivity contribution in [2.24, 2.45) is 5.73 Å². The summed E-state index contributed by atoms with van der Waals surface area (Å²) in [5.41, 5.74) is 6.07. The number of ether oxygens (including phenoxy) is 1. The summed E-state index contributed by atoms with van der Waals surface area (Å²) in [5.74, 6) is 1.19. The van der Waals surface area contributed by atoms with Gasteiger partial charge in [-0.3, -0.25) is 4.79 Å². The monoisotopic (exact) mass is 256 g/mol. The molecule has 2 rings (SSSR count). The zero-order valence-corrected chi connectivity index (χ0v) is 10.7. The number of likely N-dealkylation sites (N-methyl/N-ethyl adjacent to an activating group) is 1. The summed E-state index contributed by atoms with van der Waals surface area (Å²) < 4.78 is 5.68. The van der Waals surface area contributed by atoms with Crippen LogP contribution in [0.5, 0.6) is 11.5 Å². The van der Waals surface area contributed by atoms with Crippen LogP contribution in [0.15, 0.2) is 54.6 Å². The van der Waals surface area contributed by atoms with E-state index in [0.29, 0.717) is 0 Å². The Balaban J connectivity index is 2.04. The number of anilines is 1. The fourth-order valence-corrected chi connectivity index (χ4v) is 1.72. The molecule has 98 valence electrons. The maximum atomic E-state index is 10.8. The Morgan fingerprint density at radius 1 is 1.05 bits per heavy atom. The topological polar surface area (TPSA) is 55.6 Å². The van der Waals surface area contributed by atoms with Crippen LogP contribution in [0.1, 0.15) is 0 Å². The van der Waals surface area contributed by atoms with Crippen LogP contribution in [0.2, 0.25) is 0 Å². The Kier molecular flexibility index (Phi) is 4.03. The van der Waals surface area contributed by atoms with Gasteiger partial charge < -0.3 is 15.4 Å². The van der Waals surface area contributed by atoms with Crippen LogP contribution in [0.25, 0.3) is 0 Å². The van der Waals surface area contributed by atoms with Crippen molar-refractivity contribution in [3.63, 3.8) is 0 Å². The Hall–Kier alpha value is -2.49. The van der Waals surface area contributed by atoms with E-state index in [-0.39, 0.29) is 12.5 Å². The summed E-state index contributed by atoms with van der Waals surface area (Å²) in [6, 6.07) is 17.1. The summed E-state index contributed by atoms with van der Waals surface area (Å²) in [4.78, 5) is 12.6. The van der Waals surface area contributed by atoms with E-state index in [1.807, 2.05) is 61.6 Å². The summed E-state index contributed by atoms with van der Waals surface area (Å²) in [6.45, 7) is 0.193. The lowest BCUT2D eigenvalue weighted by atomic mass is 10.2. The van der Waals surface area contributed by atoms with Gasteiger partial charge in [-0.15, -0.1) is 0 Å². The molecule has 0 aliphatic heterocycles. The molecule has 2 N–H and O–H groups in total. The Bertz CT molecular complexity index is 538. The van der Waals surface area contributed by atoms with Gasteiger partial charge in [0.25, 0.3) is 0 Å². The van der Waals surface area contributed by atoms with Crippen LogP contribution >= 0.6 is 0 Å². The van der Waals surface area contributed by atoms with Crippen molar-refractivity contribution in [1.29, 1.82) is 0 Å². The number of hydrogen-bond donors (Lipinski definition) is 1. The molecule has 0 bridgehead atoms. The second kappa shape index (κ2) is 5.91. The maximum absolute atomic E-state index is 10.8. The molecule has 0 spiro atoms. The van der Waals surface area contributed by atoms with E-state index < -0.39 is 0 Å². The van der Waals surface area contributed by atoms with Crippen molar-refractivity contribution >= 4 is 11.6 Å². The third-order valence-electron chi connectivity index (χ3n) is 2.65. The molecule has 0 atom stereocenters. The summed E-state index contributed by atoms with van der Waals surface area (Å²) in [5, 5.41) is 0. The average molecular weight is 256 g/mol. The molecule has 0 saturated heterocycles. The number of nitrogens with zero attached hydrogens (tertiary/aromatic N) is 1. The highest BCUT2D eigenvalue weighted by Gasteiger charge is 2.04. The van der Waals surface area contributed by atoms with Crippen LogP contribution < -0.4 is 15.4 Å². The van der Waals surface area contributed by atoms with Crippen LogP contribution in [0.3, 0.4) is 0 Å². The lowest BCUT2D eigenvalue weighted by molar-refractivity contribution is -0.116. The number of nitrogens with two attached hydrogens (primary N) is 1. The van der Waals surface area contributed by atoms with Gasteiger partial charge in [-0.2, -0.15) is 0 Å². The minimum absolute atomic E-state index is 0.193. The van der Waals surface area contributed by atoms with Crippen molar-refractivity contribution in [3.8, 4) is 11.5 Å². The number of carbonyl (C=O) groups is 1. The van der Waals surface area contributed by atoms with Crippen molar-refractivity contribution < 1.29 is 9.53 Å². The van der Waals surface area contributed by atoms with Crippen molar-refractivity contribution in [2.75, 3.05) is 18.5 Å². The molecule has 4 heteroatoms. The van der Waals surface area contributed by atoms with Crippen LogP contribution in [0, 0.1) is 0 Å². The summed E-state index contributed by atoms with van der Waals surface area (Å²) >= 11 is 0. The molecule has 1 amide bonds. The smallest absolute Gasteiger partial charge is 0.236 e. The lowest BCUT2D eigenvalue weighted by Gasteiger charge is -2.17. The molecule has 0 radical (unpaired) electrons. The number of hydrogen-bond acceptors (Lipinski definition) is 3. The molecule has 0 heterocycles. The second-order valence-corrected chi connectivity index (χ2v) is 4.23. The zero-order chi connectivity index (χ0) is 13.7. The number of amides is 1. The highest BCUT2D eigenvalue weighted by atomic mass is 16.5. The van der Waals surface area contributed by atoms with E-state index in [4.69, 9.17) is 10.5 Å². The van der Waals surface area contributed by atoms with E-state index in [0.717, 1.165) is 17.2 Å². The largest absolute Gasteiger partial charge is 0.457 e. The van der Waals surface area contributed by atoms with Gasteiger partial charge in [0.15, 0.2) is 0 Å². The molecule has 0 unspecified atom stereocenters. The van der Waals surface area contributed by atoms with E-state index in [1.165, 1.54) is 0 Å². The summed E-state index contributed by atoms with van der Waals surface area (Å²) in [7, 11) is 1.82. The first-order valence-electron chi connectivity index (χ1n) is 5.97. The molecular formula is C15H16N2O2. The molecule has 19 heavy (non-hydrogen) atoms. The number of carbonyl (C=O) groups excluding carboxylic acids is 1. The highest BCUT2D eigenvalue weighted by molar-refractivity contribution is 5.79. The van der Waals surface area contributed by atoms with Crippen molar-refractivity contribution in [3.05, 3.63) is 54.6 Å². The molecule has 0 saturated carbocycles. The maximum Gasteiger partial charge on any atom is 0.236 e. The normalized spacial score (nSPS) is 9.95. The number of benzene rings is 2. The predicted octanol–water partition coefficient (Wildman–Crippen LogP) is 2.40. The van der Waals surface area contributed by atoms with Gasteiger partial charge in [-0.1, -0.05) is 18.2 Å². The van der Waals surface area contributed by atoms with E-state index in [1.54, 1.807) is 4.90 Å². The van der Waals surface area contributed by atoms with Gasteiger partial charge in [0.1, 0.15) is 11.5 Å².